The van der Waals surface area contributed by atoms with E-state index in [1.165, 1.54) is 6.42 Å². The Labute approximate surface area is 83.7 Å². The topological polar surface area (TPSA) is 47.0 Å². The molecule has 0 saturated carbocycles. The van der Waals surface area contributed by atoms with E-state index in [4.69, 9.17) is 4.74 Å². The zero-order valence-corrected chi connectivity index (χ0v) is 8.58. The van der Waals surface area contributed by atoms with Crippen LogP contribution >= 0.6 is 0 Å². The summed E-state index contributed by atoms with van der Waals surface area (Å²) in [5.74, 6) is 0.629. The van der Waals surface area contributed by atoms with Gasteiger partial charge in [0.1, 0.15) is 5.69 Å². The number of rotatable bonds is 2. The maximum atomic E-state index is 5.21. The molecule has 1 saturated heterocycles. The van der Waals surface area contributed by atoms with E-state index < -0.39 is 0 Å². The van der Waals surface area contributed by atoms with Crippen molar-refractivity contribution in [2.45, 2.75) is 25.3 Å². The molecular weight excluding hydrogens is 178 g/mol. The lowest BCUT2D eigenvalue weighted by molar-refractivity contribution is 0.348. The summed E-state index contributed by atoms with van der Waals surface area (Å²) in [6.07, 6.45) is 5.63. The van der Waals surface area contributed by atoms with Gasteiger partial charge in [0, 0.05) is 12.4 Å². The summed E-state index contributed by atoms with van der Waals surface area (Å²) in [6, 6.07) is 0. The van der Waals surface area contributed by atoms with Crippen molar-refractivity contribution >= 4 is 0 Å². The van der Waals surface area contributed by atoms with E-state index in [0.29, 0.717) is 5.88 Å². The zero-order valence-electron chi connectivity index (χ0n) is 8.58. The minimum Gasteiger partial charge on any atom is -0.480 e. The molecule has 1 aliphatic rings. The van der Waals surface area contributed by atoms with Crippen molar-refractivity contribution in [1.29, 1.82) is 0 Å². The smallest absolute Gasteiger partial charge is 0.237 e. The number of hydrogen-bond acceptors (Lipinski definition) is 4. The Hall–Kier alpha value is -1.16. The van der Waals surface area contributed by atoms with Crippen LogP contribution in [0.4, 0.5) is 0 Å². The molecule has 4 nitrogen and oxygen atoms in total. The third-order valence-electron chi connectivity index (χ3n) is 2.75. The van der Waals surface area contributed by atoms with Crippen molar-refractivity contribution in [3.05, 3.63) is 18.1 Å². The fourth-order valence-corrected chi connectivity index (χ4v) is 1.95. The molecule has 4 heteroatoms. The Morgan fingerprint density at radius 3 is 2.86 bits per heavy atom. The summed E-state index contributed by atoms with van der Waals surface area (Å²) >= 11 is 0. The molecule has 0 aromatic carbocycles. The lowest BCUT2D eigenvalue weighted by atomic mass is 9.96. The molecule has 0 amide bonds. The van der Waals surface area contributed by atoms with Gasteiger partial charge in [-0.2, -0.15) is 0 Å². The molecule has 1 fully saturated rings. The fourth-order valence-electron chi connectivity index (χ4n) is 1.95. The van der Waals surface area contributed by atoms with Crippen LogP contribution in [-0.4, -0.2) is 23.6 Å². The van der Waals surface area contributed by atoms with E-state index in [2.05, 4.69) is 22.2 Å². The molecule has 0 spiro atoms. The first-order valence-corrected chi connectivity index (χ1v) is 4.87. The van der Waals surface area contributed by atoms with E-state index in [1.807, 2.05) is 0 Å². The van der Waals surface area contributed by atoms with Crippen LogP contribution in [0.2, 0.25) is 0 Å². The number of nitrogens with one attached hydrogen (secondary N) is 1. The van der Waals surface area contributed by atoms with Crippen LogP contribution in [0.3, 0.4) is 0 Å². The maximum absolute atomic E-state index is 5.21. The van der Waals surface area contributed by atoms with Crippen LogP contribution in [-0.2, 0) is 5.54 Å². The summed E-state index contributed by atoms with van der Waals surface area (Å²) < 4.78 is 5.21. The molecule has 2 rings (SSSR count). The summed E-state index contributed by atoms with van der Waals surface area (Å²) in [4.78, 5) is 8.52. The third-order valence-corrected chi connectivity index (χ3v) is 2.75. The lowest BCUT2D eigenvalue weighted by Crippen LogP contribution is -2.34. The Morgan fingerprint density at radius 2 is 2.21 bits per heavy atom. The number of ether oxygens (including phenoxy) is 1. The average Bonchev–Trinajstić information content (AvgIpc) is 2.66. The quantitative estimate of drug-likeness (QED) is 0.763. The van der Waals surface area contributed by atoms with Crippen molar-refractivity contribution in [1.82, 2.24) is 15.3 Å². The average molecular weight is 193 g/mol. The van der Waals surface area contributed by atoms with Crippen LogP contribution in [0.1, 0.15) is 25.5 Å². The highest BCUT2D eigenvalue weighted by Gasteiger charge is 2.34. The van der Waals surface area contributed by atoms with Gasteiger partial charge in [0.2, 0.25) is 5.88 Å². The molecule has 0 bridgehead atoms. The zero-order chi connectivity index (χ0) is 10.0. The Balaban J connectivity index is 2.39. The molecule has 1 N–H and O–H groups in total. The van der Waals surface area contributed by atoms with Crippen molar-refractivity contribution in [2.24, 2.45) is 0 Å². The Kier molecular flexibility index (Phi) is 2.37. The molecule has 1 aromatic heterocycles. The van der Waals surface area contributed by atoms with E-state index >= 15 is 0 Å². The second-order valence-corrected chi connectivity index (χ2v) is 3.78. The molecule has 14 heavy (non-hydrogen) atoms. The van der Waals surface area contributed by atoms with Gasteiger partial charge < -0.3 is 10.1 Å². The van der Waals surface area contributed by atoms with Crippen LogP contribution in [0.15, 0.2) is 12.4 Å². The lowest BCUT2D eigenvalue weighted by Gasteiger charge is -2.24. The first kappa shape index (κ1) is 9.40. The molecule has 76 valence electrons. The van der Waals surface area contributed by atoms with Crippen LogP contribution < -0.4 is 10.1 Å². The Bertz CT molecular complexity index is 321. The summed E-state index contributed by atoms with van der Waals surface area (Å²) in [5, 5.41) is 3.44. The Morgan fingerprint density at radius 1 is 1.43 bits per heavy atom. The highest BCUT2D eigenvalue weighted by molar-refractivity contribution is 5.26. The van der Waals surface area contributed by atoms with Gasteiger partial charge in [0.15, 0.2) is 0 Å². The first-order chi connectivity index (χ1) is 6.76. The number of methoxy groups -OCH3 is 1. The van der Waals surface area contributed by atoms with Gasteiger partial charge in [-0.3, -0.25) is 4.98 Å². The number of nitrogens with zero attached hydrogens (tertiary/aromatic N) is 2. The number of hydrogen-bond donors (Lipinski definition) is 1. The van der Waals surface area contributed by atoms with Crippen LogP contribution in [0, 0.1) is 0 Å². The van der Waals surface area contributed by atoms with Crippen molar-refractivity contribution in [2.75, 3.05) is 13.7 Å². The number of aromatic nitrogens is 2. The summed E-state index contributed by atoms with van der Waals surface area (Å²) in [5.41, 5.74) is 0.847. The molecule has 1 aromatic rings. The van der Waals surface area contributed by atoms with Gasteiger partial charge in [0.25, 0.3) is 0 Å². The first-order valence-electron chi connectivity index (χ1n) is 4.87. The van der Waals surface area contributed by atoms with Gasteiger partial charge in [-0.05, 0) is 26.3 Å². The van der Waals surface area contributed by atoms with Crippen molar-refractivity contribution < 1.29 is 4.74 Å². The largest absolute Gasteiger partial charge is 0.480 e. The van der Waals surface area contributed by atoms with Gasteiger partial charge in [-0.15, -0.1) is 0 Å². The minimum atomic E-state index is -0.0698. The third kappa shape index (κ3) is 1.46. The fraction of sp³-hybridized carbons (Fsp3) is 0.600. The molecule has 0 aliphatic carbocycles. The van der Waals surface area contributed by atoms with Crippen molar-refractivity contribution in [3.8, 4) is 5.88 Å². The highest BCUT2D eigenvalue weighted by atomic mass is 16.5. The van der Waals surface area contributed by atoms with Crippen molar-refractivity contribution in [3.63, 3.8) is 0 Å². The minimum absolute atomic E-state index is 0.0698. The second-order valence-electron chi connectivity index (χ2n) is 3.78. The van der Waals surface area contributed by atoms with Gasteiger partial charge in [0.05, 0.1) is 12.6 Å². The highest BCUT2D eigenvalue weighted by Crippen LogP contribution is 2.32. The second kappa shape index (κ2) is 3.53. The van der Waals surface area contributed by atoms with E-state index in [9.17, 15) is 0 Å². The van der Waals surface area contributed by atoms with E-state index in [-0.39, 0.29) is 5.54 Å². The molecule has 1 aliphatic heterocycles. The monoisotopic (exact) mass is 193 g/mol. The van der Waals surface area contributed by atoms with E-state index in [0.717, 1.165) is 18.7 Å². The molecule has 0 radical (unpaired) electrons. The molecule has 1 unspecified atom stereocenters. The SMILES string of the molecule is COc1nccnc1C1(C)CCCN1. The molecule has 1 atom stereocenters. The normalized spacial score (nSPS) is 26.4. The van der Waals surface area contributed by atoms with Gasteiger partial charge in [-0.1, -0.05) is 0 Å². The van der Waals surface area contributed by atoms with Crippen LogP contribution in [0.25, 0.3) is 0 Å². The summed E-state index contributed by atoms with van der Waals surface area (Å²) in [6.45, 7) is 3.18. The standard InChI is InChI=1S/C10H15N3O/c1-10(4-3-5-13-10)8-9(14-2)12-7-6-11-8/h6-7,13H,3-5H2,1-2H3. The van der Waals surface area contributed by atoms with Crippen LogP contribution in [0.5, 0.6) is 5.88 Å². The van der Waals surface area contributed by atoms with Gasteiger partial charge >= 0.3 is 0 Å². The van der Waals surface area contributed by atoms with Gasteiger partial charge in [-0.25, -0.2) is 4.98 Å². The molecular formula is C10H15N3O. The van der Waals surface area contributed by atoms with E-state index in [1.54, 1.807) is 19.5 Å². The molecule has 2 heterocycles. The summed E-state index contributed by atoms with van der Waals surface area (Å²) in [7, 11) is 1.63. The predicted octanol–water partition coefficient (Wildman–Crippen LogP) is 1.08. The maximum Gasteiger partial charge on any atom is 0.237 e. The predicted molar refractivity (Wildman–Crippen MR) is 53.2 cm³/mol.